The molecule has 5 heteroatoms. The van der Waals surface area contributed by atoms with Crippen LogP contribution in [-0.4, -0.2) is 38.0 Å². The third-order valence-corrected chi connectivity index (χ3v) is 4.02. The smallest absolute Gasteiger partial charge is 0.230 e. The van der Waals surface area contributed by atoms with Crippen LogP contribution in [0.2, 0.25) is 0 Å². The summed E-state index contributed by atoms with van der Waals surface area (Å²) in [5, 5.41) is 6.32. The zero-order valence-electron chi connectivity index (χ0n) is 11.9. The van der Waals surface area contributed by atoms with E-state index < -0.39 is 0 Å². The molecule has 0 aliphatic heterocycles. The second kappa shape index (κ2) is 8.29. The van der Waals surface area contributed by atoms with E-state index in [2.05, 4.69) is 22.8 Å². The zero-order chi connectivity index (χ0) is 14.2. The summed E-state index contributed by atoms with van der Waals surface area (Å²) in [5.74, 6) is 0.637. The van der Waals surface area contributed by atoms with Crippen LogP contribution in [0.25, 0.3) is 0 Å². The van der Waals surface area contributed by atoms with E-state index in [-0.39, 0.29) is 5.91 Å². The van der Waals surface area contributed by atoms with Gasteiger partial charge in [-0.05, 0) is 30.5 Å². The molecule has 0 atom stereocenters. The molecule has 1 aromatic rings. The van der Waals surface area contributed by atoms with Gasteiger partial charge in [-0.25, -0.2) is 0 Å². The maximum Gasteiger partial charge on any atom is 0.230 e. The van der Waals surface area contributed by atoms with Gasteiger partial charge in [-0.15, -0.1) is 11.8 Å². The minimum Gasteiger partial charge on any atom is -0.383 e. The summed E-state index contributed by atoms with van der Waals surface area (Å²) in [4.78, 5) is 12.8. The van der Waals surface area contributed by atoms with E-state index in [4.69, 9.17) is 4.74 Å². The molecule has 1 aliphatic carbocycles. The predicted octanol–water partition coefficient (Wildman–Crippen LogP) is 1.79. The second-order valence-corrected chi connectivity index (χ2v) is 6.00. The number of amides is 1. The molecular weight excluding hydrogens is 272 g/mol. The number of carbonyl (C=O) groups is 1. The summed E-state index contributed by atoms with van der Waals surface area (Å²) in [6.45, 7) is 2.39. The first-order chi connectivity index (χ1) is 9.78. The summed E-state index contributed by atoms with van der Waals surface area (Å²) >= 11 is 1.59. The molecule has 2 rings (SSSR count). The van der Waals surface area contributed by atoms with Gasteiger partial charge in [0.1, 0.15) is 0 Å². The predicted molar refractivity (Wildman–Crippen MR) is 81.9 cm³/mol. The lowest BCUT2D eigenvalue weighted by Crippen LogP contribution is -2.26. The van der Waals surface area contributed by atoms with Crippen LogP contribution >= 0.6 is 11.8 Å². The van der Waals surface area contributed by atoms with Crippen molar-refractivity contribution >= 4 is 17.7 Å². The molecule has 0 radical (unpaired) electrons. The largest absolute Gasteiger partial charge is 0.383 e. The Kier molecular flexibility index (Phi) is 6.36. The van der Waals surface area contributed by atoms with Gasteiger partial charge < -0.3 is 15.4 Å². The number of rotatable bonds is 9. The van der Waals surface area contributed by atoms with Crippen molar-refractivity contribution in [2.24, 2.45) is 0 Å². The topological polar surface area (TPSA) is 50.4 Å². The number of hydrogen-bond donors (Lipinski definition) is 2. The summed E-state index contributed by atoms with van der Waals surface area (Å²) in [5.41, 5.74) is 1.23. The lowest BCUT2D eigenvalue weighted by molar-refractivity contribution is -0.118. The van der Waals surface area contributed by atoms with Gasteiger partial charge in [0.25, 0.3) is 0 Å². The van der Waals surface area contributed by atoms with Gasteiger partial charge in [0.15, 0.2) is 0 Å². The van der Waals surface area contributed by atoms with Crippen LogP contribution < -0.4 is 10.6 Å². The lowest BCUT2D eigenvalue weighted by Gasteiger charge is -2.07. The van der Waals surface area contributed by atoms with Crippen LogP contribution in [0.3, 0.4) is 0 Å². The molecule has 0 unspecified atom stereocenters. The number of hydrogen-bond acceptors (Lipinski definition) is 4. The Bertz CT molecular complexity index is 436. The standard InChI is InChI=1S/C15H22N2O2S/c1-19-8-7-16-10-12-3-2-4-14(9-12)20-11-15(18)17-13-5-6-13/h2-4,9,13,16H,5-8,10-11H2,1H3,(H,17,18). The van der Waals surface area contributed by atoms with Gasteiger partial charge in [0.2, 0.25) is 5.91 Å². The molecule has 0 heterocycles. The molecule has 0 saturated heterocycles. The average Bonchev–Trinajstić information content (AvgIpc) is 3.26. The minimum absolute atomic E-state index is 0.140. The highest BCUT2D eigenvalue weighted by Crippen LogP contribution is 2.21. The molecule has 1 saturated carbocycles. The molecule has 0 aromatic heterocycles. The van der Waals surface area contributed by atoms with E-state index in [1.807, 2.05) is 12.1 Å². The first-order valence-corrected chi connectivity index (χ1v) is 7.97. The number of methoxy groups -OCH3 is 1. The first kappa shape index (κ1) is 15.4. The monoisotopic (exact) mass is 294 g/mol. The number of benzene rings is 1. The fraction of sp³-hybridized carbons (Fsp3) is 0.533. The van der Waals surface area contributed by atoms with Crippen LogP contribution in [0.4, 0.5) is 0 Å². The molecule has 4 nitrogen and oxygen atoms in total. The van der Waals surface area contributed by atoms with Crippen LogP contribution in [0.15, 0.2) is 29.2 Å². The highest BCUT2D eigenvalue weighted by Gasteiger charge is 2.22. The van der Waals surface area contributed by atoms with Gasteiger partial charge >= 0.3 is 0 Å². The average molecular weight is 294 g/mol. The maximum atomic E-state index is 11.6. The fourth-order valence-electron chi connectivity index (χ4n) is 1.80. The van der Waals surface area contributed by atoms with E-state index in [0.29, 0.717) is 11.8 Å². The second-order valence-electron chi connectivity index (χ2n) is 4.95. The molecule has 20 heavy (non-hydrogen) atoms. The Morgan fingerprint density at radius 1 is 1.45 bits per heavy atom. The van der Waals surface area contributed by atoms with E-state index in [1.165, 1.54) is 5.56 Å². The Hall–Kier alpha value is -1.04. The molecule has 1 fully saturated rings. The first-order valence-electron chi connectivity index (χ1n) is 6.98. The Morgan fingerprint density at radius 3 is 3.05 bits per heavy atom. The van der Waals surface area contributed by atoms with Crippen molar-refractivity contribution in [2.45, 2.75) is 30.3 Å². The molecular formula is C15H22N2O2S. The molecule has 2 N–H and O–H groups in total. The quantitative estimate of drug-likeness (QED) is 0.538. The summed E-state index contributed by atoms with van der Waals surface area (Å²) in [7, 11) is 1.70. The maximum absolute atomic E-state index is 11.6. The molecule has 1 aliphatic rings. The molecule has 0 spiro atoms. The lowest BCUT2D eigenvalue weighted by atomic mass is 10.2. The number of nitrogens with one attached hydrogen (secondary N) is 2. The van der Waals surface area contributed by atoms with Crippen molar-refractivity contribution in [1.82, 2.24) is 10.6 Å². The van der Waals surface area contributed by atoms with Crippen molar-refractivity contribution in [3.63, 3.8) is 0 Å². The highest BCUT2D eigenvalue weighted by molar-refractivity contribution is 8.00. The fourth-order valence-corrected chi connectivity index (χ4v) is 2.59. The zero-order valence-corrected chi connectivity index (χ0v) is 12.7. The molecule has 1 amide bonds. The Labute approximate surface area is 124 Å². The van der Waals surface area contributed by atoms with Gasteiger partial charge in [0.05, 0.1) is 12.4 Å². The molecule has 1 aromatic carbocycles. The van der Waals surface area contributed by atoms with Crippen LogP contribution in [0, 0.1) is 0 Å². The van der Waals surface area contributed by atoms with Crippen LogP contribution in [0.5, 0.6) is 0 Å². The molecule has 110 valence electrons. The summed E-state index contributed by atoms with van der Waals surface area (Å²) in [6, 6.07) is 8.75. The van der Waals surface area contributed by atoms with Gasteiger partial charge in [0, 0.05) is 31.1 Å². The SMILES string of the molecule is COCCNCc1cccc(SCC(=O)NC2CC2)c1. The summed E-state index contributed by atoms with van der Waals surface area (Å²) < 4.78 is 4.99. The van der Waals surface area contributed by atoms with E-state index in [9.17, 15) is 4.79 Å². The number of thioether (sulfide) groups is 1. The third kappa shape index (κ3) is 5.94. The minimum atomic E-state index is 0.140. The molecule has 0 bridgehead atoms. The van der Waals surface area contributed by atoms with Crippen LogP contribution in [0.1, 0.15) is 18.4 Å². The van der Waals surface area contributed by atoms with Crippen molar-refractivity contribution in [1.29, 1.82) is 0 Å². The normalized spacial score (nSPS) is 14.2. The van der Waals surface area contributed by atoms with Gasteiger partial charge in [-0.3, -0.25) is 4.79 Å². The highest BCUT2D eigenvalue weighted by atomic mass is 32.2. The van der Waals surface area contributed by atoms with Crippen molar-refractivity contribution in [3.05, 3.63) is 29.8 Å². The summed E-state index contributed by atoms with van der Waals surface area (Å²) in [6.07, 6.45) is 2.28. The number of ether oxygens (including phenoxy) is 1. The van der Waals surface area contributed by atoms with E-state index >= 15 is 0 Å². The number of carbonyl (C=O) groups excluding carboxylic acids is 1. The van der Waals surface area contributed by atoms with Crippen LogP contribution in [-0.2, 0) is 16.1 Å². The van der Waals surface area contributed by atoms with E-state index in [0.717, 1.165) is 37.4 Å². The Balaban J connectivity index is 1.71. The van der Waals surface area contributed by atoms with Crippen molar-refractivity contribution in [3.8, 4) is 0 Å². The van der Waals surface area contributed by atoms with Gasteiger partial charge in [-0.1, -0.05) is 12.1 Å². The van der Waals surface area contributed by atoms with E-state index in [1.54, 1.807) is 18.9 Å². The van der Waals surface area contributed by atoms with Crippen molar-refractivity contribution < 1.29 is 9.53 Å². The van der Waals surface area contributed by atoms with Gasteiger partial charge in [-0.2, -0.15) is 0 Å². The third-order valence-electron chi connectivity index (χ3n) is 3.02. The Morgan fingerprint density at radius 2 is 2.30 bits per heavy atom. The van der Waals surface area contributed by atoms with Crippen molar-refractivity contribution in [2.75, 3.05) is 26.0 Å².